The van der Waals surface area contributed by atoms with Crippen molar-refractivity contribution < 1.29 is 49.2 Å². The fourth-order valence-electron chi connectivity index (χ4n) is 2.38. The summed E-state index contributed by atoms with van der Waals surface area (Å²) in [5, 5.41) is 42.1. The first-order valence-corrected chi connectivity index (χ1v) is 9.22. The highest BCUT2D eigenvalue weighted by Crippen LogP contribution is 2.06. The van der Waals surface area contributed by atoms with Crippen LogP contribution in [0.15, 0.2) is 0 Å². The lowest BCUT2D eigenvalue weighted by Crippen LogP contribution is -2.58. The summed E-state index contributed by atoms with van der Waals surface area (Å²) in [6.07, 6.45) is -1.53. The molecule has 0 saturated heterocycles. The summed E-state index contributed by atoms with van der Waals surface area (Å²) in [6, 6.07) is -6.09. The topological polar surface area (TPSA) is 245 Å². The highest BCUT2D eigenvalue weighted by atomic mass is 16.4. The first-order valence-electron chi connectivity index (χ1n) is 9.22. The van der Waals surface area contributed by atoms with E-state index in [4.69, 9.17) is 21.1 Å². The van der Waals surface area contributed by atoms with Crippen molar-refractivity contribution in [1.82, 2.24) is 16.0 Å². The molecule has 14 heteroatoms. The third-order valence-corrected chi connectivity index (χ3v) is 3.88. The quantitative estimate of drug-likeness (QED) is 0.132. The predicted octanol–water partition coefficient (Wildman–Crippen LogP) is -3.16. The average molecular weight is 448 g/mol. The van der Waals surface area contributed by atoms with Gasteiger partial charge in [-0.3, -0.25) is 24.0 Å². The number of nitrogens with two attached hydrogens (primary N) is 1. The van der Waals surface area contributed by atoms with E-state index >= 15 is 0 Å². The number of carboxylic acid groups (broad SMARTS) is 3. The number of aliphatic carboxylic acids is 3. The number of aliphatic hydroxyl groups is 1. The minimum atomic E-state index is -1.80. The summed E-state index contributed by atoms with van der Waals surface area (Å²) in [6.45, 7) is 2.50. The molecule has 0 spiro atoms. The molecule has 4 atom stereocenters. The van der Waals surface area contributed by atoms with Crippen LogP contribution in [0, 0.1) is 5.92 Å². The molecule has 0 fully saturated rings. The zero-order valence-electron chi connectivity index (χ0n) is 17.0. The summed E-state index contributed by atoms with van der Waals surface area (Å²) < 4.78 is 0. The second-order valence-electron chi connectivity index (χ2n) is 7.14. The Morgan fingerprint density at radius 3 is 1.61 bits per heavy atom. The first kappa shape index (κ1) is 27.7. The van der Waals surface area contributed by atoms with Gasteiger partial charge in [-0.05, 0) is 12.3 Å². The molecule has 0 aliphatic heterocycles. The second-order valence-corrected chi connectivity index (χ2v) is 7.14. The molecule has 0 aromatic rings. The van der Waals surface area contributed by atoms with Crippen molar-refractivity contribution in [1.29, 1.82) is 0 Å². The molecule has 176 valence electrons. The fraction of sp³-hybridized carbons (Fsp3) is 0.647. The smallest absolute Gasteiger partial charge is 0.326 e. The van der Waals surface area contributed by atoms with E-state index in [-0.39, 0.29) is 12.3 Å². The van der Waals surface area contributed by atoms with Crippen molar-refractivity contribution in [3.63, 3.8) is 0 Å². The normalized spacial score (nSPS) is 14.6. The van der Waals surface area contributed by atoms with Crippen LogP contribution in [-0.4, -0.2) is 86.8 Å². The summed E-state index contributed by atoms with van der Waals surface area (Å²) in [5.74, 6) is -7.55. The molecule has 31 heavy (non-hydrogen) atoms. The summed E-state index contributed by atoms with van der Waals surface area (Å²) in [7, 11) is 0. The van der Waals surface area contributed by atoms with Gasteiger partial charge < -0.3 is 42.1 Å². The van der Waals surface area contributed by atoms with Gasteiger partial charge in [-0.1, -0.05) is 13.8 Å². The van der Waals surface area contributed by atoms with Gasteiger partial charge in [-0.25, -0.2) is 4.79 Å². The highest BCUT2D eigenvalue weighted by Gasteiger charge is 2.31. The zero-order chi connectivity index (χ0) is 24.3. The van der Waals surface area contributed by atoms with Crippen molar-refractivity contribution in [2.45, 2.75) is 57.3 Å². The molecule has 0 radical (unpaired) electrons. The third kappa shape index (κ3) is 10.9. The summed E-state index contributed by atoms with van der Waals surface area (Å²) in [5.41, 5.74) is 5.46. The van der Waals surface area contributed by atoms with Gasteiger partial charge in [-0.15, -0.1) is 0 Å². The lowest BCUT2D eigenvalue weighted by molar-refractivity contribution is -0.147. The second kappa shape index (κ2) is 13.1. The van der Waals surface area contributed by atoms with Gasteiger partial charge in [0.15, 0.2) is 0 Å². The number of carboxylic acids is 3. The van der Waals surface area contributed by atoms with Crippen molar-refractivity contribution in [3.8, 4) is 0 Å². The number of rotatable bonds is 14. The molecule has 0 aliphatic rings. The Hall–Kier alpha value is -3.26. The van der Waals surface area contributed by atoms with Gasteiger partial charge in [0.05, 0.1) is 25.5 Å². The molecule has 14 nitrogen and oxygen atoms in total. The highest BCUT2D eigenvalue weighted by molar-refractivity contribution is 5.95. The molecule has 0 aromatic carbocycles. The van der Waals surface area contributed by atoms with E-state index in [1.165, 1.54) is 0 Å². The maximum atomic E-state index is 12.5. The Morgan fingerprint density at radius 2 is 1.19 bits per heavy atom. The van der Waals surface area contributed by atoms with Crippen LogP contribution < -0.4 is 21.7 Å². The Balaban J connectivity index is 5.27. The van der Waals surface area contributed by atoms with Crippen LogP contribution in [-0.2, 0) is 28.8 Å². The van der Waals surface area contributed by atoms with Gasteiger partial charge in [0.2, 0.25) is 17.7 Å². The van der Waals surface area contributed by atoms with Crippen LogP contribution in [0.3, 0.4) is 0 Å². The Bertz CT molecular complexity index is 696. The van der Waals surface area contributed by atoms with Crippen molar-refractivity contribution in [2.75, 3.05) is 6.61 Å². The molecule has 0 rings (SSSR count). The van der Waals surface area contributed by atoms with Crippen LogP contribution in [0.2, 0.25) is 0 Å². The SMILES string of the molecule is CC(C)CC(NC(=O)C(N)CC(=O)O)C(=O)NC(CO)C(=O)NC(CC(=O)O)C(=O)O. The molecule has 0 saturated carbocycles. The number of nitrogens with one attached hydrogen (secondary N) is 3. The molecule has 0 aromatic heterocycles. The largest absolute Gasteiger partial charge is 0.481 e. The molecule has 0 heterocycles. The number of amides is 3. The van der Waals surface area contributed by atoms with E-state index in [0.29, 0.717) is 0 Å². The number of carbonyl (C=O) groups excluding carboxylic acids is 3. The van der Waals surface area contributed by atoms with Gasteiger partial charge in [-0.2, -0.15) is 0 Å². The number of aliphatic hydroxyl groups excluding tert-OH is 1. The zero-order valence-corrected chi connectivity index (χ0v) is 17.0. The van der Waals surface area contributed by atoms with E-state index in [2.05, 4.69) is 10.6 Å². The van der Waals surface area contributed by atoms with Crippen LogP contribution in [0.1, 0.15) is 33.1 Å². The summed E-state index contributed by atoms with van der Waals surface area (Å²) >= 11 is 0. The maximum Gasteiger partial charge on any atom is 0.326 e. The van der Waals surface area contributed by atoms with Crippen LogP contribution in [0.5, 0.6) is 0 Å². The third-order valence-electron chi connectivity index (χ3n) is 3.88. The molecule has 3 amide bonds. The Labute approximate surface area is 177 Å². The Morgan fingerprint density at radius 1 is 0.742 bits per heavy atom. The van der Waals surface area contributed by atoms with Crippen LogP contribution in [0.4, 0.5) is 0 Å². The van der Waals surface area contributed by atoms with Gasteiger partial charge in [0.1, 0.15) is 18.1 Å². The van der Waals surface area contributed by atoms with Crippen LogP contribution >= 0.6 is 0 Å². The van der Waals surface area contributed by atoms with E-state index in [9.17, 15) is 33.9 Å². The van der Waals surface area contributed by atoms with E-state index in [1.54, 1.807) is 13.8 Å². The lowest BCUT2D eigenvalue weighted by atomic mass is 10.0. The van der Waals surface area contributed by atoms with E-state index in [1.807, 2.05) is 5.32 Å². The molecular formula is C17H28N4O10. The lowest BCUT2D eigenvalue weighted by Gasteiger charge is -2.25. The van der Waals surface area contributed by atoms with E-state index < -0.39 is 79.2 Å². The standard InChI is InChI=1S/C17H28N4O10/c1-7(2)3-9(19-14(27)8(18)4-12(23)24)15(28)21-11(6-22)16(29)20-10(17(30)31)5-13(25)26/h7-11,22H,3-6,18H2,1-2H3,(H,19,27)(H,20,29)(H,21,28)(H,23,24)(H,25,26)(H,30,31). The van der Waals surface area contributed by atoms with Crippen molar-refractivity contribution in [3.05, 3.63) is 0 Å². The fourth-order valence-corrected chi connectivity index (χ4v) is 2.38. The van der Waals surface area contributed by atoms with Crippen molar-refractivity contribution in [2.24, 2.45) is 11.7 Å². The predicted molar refractivity (Wildman–Crippen MR) is 102 cm³/mol. The molecule has 9 N–H and O–H groups in total. The first-order chi connectivity index (χ1) is 14.3. The van der Waals surface area contributed by atoms with Crippen LogP contribution in [0.25, 0.3) is 0 Å². The number of hydrogen-bond acceptors (Lipinski definition) is 8. The minimum Gasteiger partial charge on any atom is -0.481 e. The summed E-state index contributed by atoms with van der Waals surface area (Å²) in [4.78, 5) is 69.2. The maximum absolute atomic E-state index is 12.5. The van der Waals surface area contributed by atoms with E-state index in [0.717, 1.165) is 0 Å². The van der Waals surface area contributed by atoms with Crippen molar-refractivity contribution >= 4 is 35.6 Å². The minimum absolute atomic E-state index is 0.0773. The molecule has 0 aliphatic carbocycles. The Kier molecular flexibility index (Phi) is 11.7. The van der Waals surface area contributed by atoms with Gasteiger partial charge >= 0.3 is 17.9 Å². The molecule has 0 bridgehead atoms. The van der Waals surface area contributed by atoms with Gasteiger partial charge in [0, 0.05) is 0 Å². The number of hydrogen-bond donors (Lipinski definition) is 8. The molecule has 4 unspecified atom stereocenters. The average Bonchev–Trinajstić information content (AvgIpc) is 2.63. The number of carbonyl (C=O) groups is 6. The van der Waals surface area contributed by atoms with Gasteiger partial charge in [0.25, 0.3) is 0 Å². The molecular weight excluding hydrogens is 420 g/mol. The monoisotopic (exact) mass is 448 g/mol.